The van der Waals surface area contributed by atoms with E-state index in [4.69, 9.17) is 19.4 Å². The molecule has 3 aliphatic rings. The number of sulfonamides is 1. The van der Waals surface area contributed by atoms with Gasteiger partial charge in [-0.1, -0.05) is 6.42 Å². The van der Waals surface area contributed by atoms with E-state index in [1.807, 2.05) is 0 Å². The minimum Gasteiger partial charge on any atom is -0.480 e. The van der Waals surface area contributed by atoms with Gasteiger partial charge in [-0.15, -0.1) is 11.3 Å². The maximum Gasteiger partial charge on any atom is 0.238 e. The minimum atomic E-state index is -3.53. The lowest BCUT2D eigenvalue weighted by molar-refractivity contribution is 0.0898. The highest BCUT2D eigenvalue weighted by Crippen LogP contribution is 2.37. The van der Waals surface area contributed by atoms with Gasteiger partial charge < -0.3 is 19.3 Å². The molecule has 41 heavy (non-hydrogen) atoms. The van der Waals surface area contributed by atoms with Crippen molar-refractivity contribution in [3.63, 3.8) is 0 Å². The summed E-state index contributed by atoms with van der Waals surface area (Å²) in [6.45, 7) is 8.25. The van der Waals surface area contributed by atoms with Gasteiger partial charge in [0.15, 0.2) is 0 Å². The van der Waals surface area contributed by atoms with Crippen molar-refractivity contribution < 1.29 is 17.9 Å². The maximum absolute atomic E-state index is 12.0. The zero-order valence-corrected chi connectivity index (χ0v) is 25.5. The molecule has 0 spiro atoms. The summed E-state index contributed by atoms with van der Waals surface area (Å²) in [7, 11) is -2.06. The molecular formula is C28H39N7O4S2. The Kier molecular flexibility index (Phi) is 8.59. The largest absolute Gasteiger partial charge is 0.480 e. The van der Waals surface area contributed by atoms with Crippen molar-refractivity contribution in [2.45, 2.75) is 44.7 Å². The Morgan fingerprint density at radius 1 is 1.07 bits per heavy atom. The van der Waals surface area contributed by atoms with Crippen molar-refractivity contribution in [3.8, 4) is 17.1 Å². The monoisotopic (exact) mass is 601 g/mol. The fourth-order valence-corrected chi connectivity index (χ4v) is 7.71. The molecule has 3 aliphatic heterocycles. The number of pyridine rings is 1. The number of hydrogen-bond acceptors (Lipinski definition) is 11. The summed E-state index contributed by atoms with van der Waals surface area (Å²) in [5.74, 6) is 0.866. The number of nitrogens with one attached hydrogen (secondary N) is 1. The Morgan fingerprint density at radius 2 is 1.83 bits per heavy atom. The fraction of sp³-hybridized carbons (Fsp3) is 0.607. The van der Waals surface area contributed by atoms with E-state index < -0.39 is 10.0 Å². The van der Waals surface area contributed by atoms with Gasteiger partial charge in [-0.05, 0) is 63.3 Å². The van der Waals surface area contributed by atoms with E-state index >= 15 is 0 Å². The maximum atomic E-state index is 12.0. The van der Waals surface area contributed by atoms with Crippen LogP contribution in [0.5, 0.6) is 5.88 Å². The Balaban J connectivity index is 1.31. The first-order valence-corrected chi connectivity index (χ1v) is 17.2. The molecule has 0 unspecified atom stereocenters. The quantitative estimate of drug-likeness (QED) is 0.412. The molecule has 0 amide bonds. The van der Waals surface area contributed by atoms with Crippen LogP contribution in [0.15, 0.2) is 17.6 Å². The van der Waals surface area contributed by atoms with Gasteiger partial charge >= 0.3 is 0 Å². The molecule has 11 nitrogen and oxygen atoms in total. The molecule has 3 saturated heterocycles. The molecule has 13 heteroatoms. The van der Waals surface area contributed by atoms with Gasteiger partial charge in [0.2, 0.25) is 21.9 Å². The van der Waals surface area contributed by atoms with Crippen LogP contribution in [0, 0.1) is 0 Å². The first-order valence-electron chi connectivity index (χ1n) is 14.5. The van der Waals surface area contributed by atoms with E-state index in [1.165, 1.54) is 57.9 Å². The van der Waals surface area contributed by atoms with Crippen LogP contribution in [0.25, 0.3) is 21.5 Å². The van der Waals surface area contributed by atoms with Crippen LogP contribution in [0.3, 0.4) is 0 Å². The number of morpholine rings is 1. The van der Waals surface area contributed by atoms with Crippen LogP contribution >= 0.6 is 11.3 Å². The predicted octanol–water partition coefficient (Wildman–Crippen LogP) is 3.42. The molecule has 0 radical (unpaired) electrons. The first-order chi connectivity index (χ1) is 19.9. The Morgan fingerprint density at radius 3 is 2.54 bits per heavy atom. The highest BCUT2D eigenvalue weighted by atomic mass is 32.2. The third-order valence-electron chi connectivity index (χ3n) is 8.24. The van der Waals surface area contributed by atoms with Gasteiger partial charge in [0.05, 0.1) is 42.5 Å². The molecule has 0 aromatic carbocycles. The zero-order valence-electron chi connectivity index (χ0n) is 23.8. The van der Waals surface area contributed by atoms with Crippen molar-refractivity contribution in [2.75, 3.05) is 75.5 Å². The summed E-state index contributed by atoms with van der Waals surface area (Å²) in [5.41, 5.74) is 3.88. The lowest BCUT2D eigenvalue weighted by atomic mass is 9.99. The van der Waals surface area contributed by atoms with Crippen LogP contribution in [0.4, 0.5) is 11.6 Å². The number of thiophene rings is 1. The first kappa shape index (κ1) is 28.5. The number of ether oxygens (including phenoxy) is 2. The summed E-state index contributed by atoms with van der Waals surface area (Å²) >= 11 is 1.63. The molecule has 222 valence electrons. The molecule has 6 rings (SSSR count). The number of methoxy groups -OCH3 is 1. The summed E-state index contributed by atoms with van der Waals surface area (Å²) in [4.78, 5) is 21.9. The SMILES string of the molecule is COc1ncc(-c2nc(N3CCOCC3)nc3c(CN4CCC(N5CCCCC5)CC4)csc23)cc1NS(C)(=O)=O. The molecule has 0 saturated carbocycles. The normalized spacial score (nSPS) is 20.0. The number of hydrogen-bond donors (Lipinski definition) is 1. The van der Waals surface area contributed by atoms with Crippen LogP contribution in [0.1, 0.15) is 37.7 Å². The van der Waals surface area contributed by atoms with E-state index in [2.05, 4.69) is 29.8 Å². The molecule has 0 aliphatic carbocycles. The Labute approximate surface area is 245 Å². The van der Waals surface area contributed by atoms with Crippen molar-refractivity contribution in [2.24, 2.45) is 0 Å². The van der Waals surface area contributed by atoms with Crippen LogP contribution in [-0.2, 0) is 21.3 Å². The van der Waals surface area contributed by atoms with Crippen LogP contribution in [-0.4, -0.2) is 105 Å². The highest BCUT2D eigenvalue weighted by molar-refractivity contribution is 7.92. The number of fused-ring (bicyclic) bond motifs is 1. The average Bonchev–Trinajstić information content (AvgIpc) is 3.39. The molecular weight excluding hydrogens is 562 g/mol. The zero-order chi connectivity index (χ0) is 28.4. The van der Waals surface area contributed by atoms with Gasteiger partial charge in [-0.2, -0.15) is 0 Å². The van der Waals surface area contributed by atoms with Crippen molar-refractivity contribution in [3.05, 3.63) is 23.2 Å². The van der Waals surface area contributed by atoms with E-state index in [-0.39, 0.29) is 11.6 Å². The van der Waals surface area contributed by atoms with Crippen LogP contribution < -0.4 is 14.4 Å². The number of anilines is 2. The predicted molar refractivity (Wildman–Crippen MR) is 162 cm³/mol. The lowest BCUT2D eigenvalue weighted by Crippen LogP contribution is -2.46. The van der Waals surface area contributed by atoms with Gasteiger partial charge in [-0.25, -0.2) is 23.4 Å². The third-order valence-corrected chi connectivity index (χ3v) is 9.86. The minimum absolute atomic E-state index is 0.206. The average molecular weight is 602 g/mol. The number of aromatic nitrogens is 3. The molecule has 6 heterocycles. The Hall–Kier alpha value is -2.58. The summed E-state index contributed by atoms with van der Waals surface area (Å²) in [6.07, 6.45) is 9.28. The Bertz CT molecular complexity index is 1460. The number of likely N-dealkylation sites (tertiary alicyclic amines) is 2. The fourth-order valence-electron chi connectivity index (χ4n) is 6.15. The molecule has 0 atom stereocenters. The van der Waals surface area contributed by atoms with Crippen molar-refractivity contribution in [1.82, 2.24) is 24.8 Å². The van der Waals surface area contributed by atoms with E-state index in [9.17, 15) is 8.42 Å². The van der Waals surface area contributed by atoms with E-state index in [0.717, 1.165) is 54.9 Å². The number of rotatable bonds is 8. The molecule has 3 aromatic heterocycles. The number of nitrogens with zero attached hydrogens (tertiary/aromatic N) is 6. The highest BCUT2D eigenvalue weighted by Gasteiger charge is 2.27. The number of piperidine rings is 2. The molecule has 1 N–H and O–H groups in total. The molecule has 0 bridgehead atoms. The second kappa shape index (κ2) is 12.3. The van der Waals surface area contributed by atoms with E-state index in [1.54, 1.807) is 23.6 Å². The van der Waals surface area contributed by atoms with Gasteiger partial charge in [-0.3, -0.25) is 9.62 Å². The van der Waals surface area contributed by atoms with Gasteiger partial charge in [0.1, 0.15) is 5.69 Å². The lowest BCUT2D eigenvalue weighted by Gasteiger charge is -2.40. The van der Waals surface area contributed by atoms with Crippen LogP contribution in [0.2, 0.25) is 0 Å². The second-order valence-electron chi connectivity index (χ2n) is 11.2. The molecule has 3 aromatic rings. The van der Waals surface area contributed by atoms with Crippen molar-refractivity contribution >= 4 is 43.2 Å². The topological polar surface area (TPSA) is 113 Å². The van der Waals surface area contributed by atoms with Crippen molar-refractivity contribution in [1.29, 1.82) is 0 Å². The smallest absolute Gasteiger partial charge is 0.238 e. The summed E-state index contributed by atoms with van der Waals surface area (Å²) < 4.78 is 38.5. The van der Waals surface area contributed by atoms with E-state index in [0.29, 0.717) is 30.8 Å². The second-order valence-corrected chi connectivity index (χ2v) is 13.8. The van der Waals surface area contributed by atoms with Gasteiger partial charge in [0, 0.05) is 43.0 Å². The molecule has 3 fully saturated rings. The van der Waals surface area contributed by atoms with Gasteiger partial charge in [0.25, 0.3) is 0 Å². The summed E-state index contributed by atoms with van der Waals surface area (Å²) in [5, 5.41) is 2.20. The standard InChI is InChI=1S/C28H39N7O4S2/c1-38-27-23(32-41(2,36)37)16-20(17-29-27)24-26-25(31-28(30-24)35-12-14-39-15-13-35)21(19-40-26)18-33-10-6-22(7-11-33)34-8-4-3-5-9-34/h16-17,19,22,32H,3-15,18H2,1-2H3. The third kappa shape index (κ3) is 6.59. The summed E-state index contributed by atoms with van der Waals surface area (Å²) in [6, 6.07) is 2.45.